The van der Waals surface area contributed by atoms with E-state index in [1.54, 1.807) is 12.1 Å². The summed E-state index contributed by atoms with van der Waals surface area (Å²) in [6.45, 7) is 7.28. The van der Waals surface area contributed by atoms with Gasteiger partial charge in [0.15, 0.2) is 17.3 Å². The number of amides is 1. The number of aromatic nitrogens is 3. The summed E-state index contributed by atoms with van der Waals surface area (Å²) in [7, 11) is -4.94. The van der Waals surface area contributed by atoms with Crippen LogP contribution >= 0.6 is 7.82 Å². The van der Waals surface area contributed by atoms with Gasteiger partial charge in [0.25, 0.3) is 0 Å². The lowest BCUT2D eigenvalue weighted by Gasteiger charge is -2.16. The molecule has 13 heteroatoms. The number of anilines is 1. The van der Waals surface area contributed by atoms with E-state index in [-0.39, 0.29) is 29.8 Å². The molecule has 0 aliphatic rings. The van der Waals surface area contributed by atoms with Gasteiger partial charge in [-0.1, -0.05) is 38.1 Å². The number of fused-ring (bicyclic) bond motifs is 3. The molecule has 0 spiro atoms. The molecule has 0 radical (unpaired) electrons. The molecule has 1 amide bonds. The molecule has 6 N–H and O–H groups in total. The van der Waals surface area contributed by atoms with Crippen molar-refractivity contribution in [2.24, 2.45) is 0 Å². The summed E-state index contributed by atoms with van der Waals surface area (Å²) < 4.78 is 24.3. The van der Waals surface area contributed by atoms with Crippen LogP contribution in [-0.4, -0.2) is 55.1 Å². The number of carbonyl (C=O) groups is 1. The van der Waals surface area contributed by atoms with Crippen LogP contribution in [0, 0.1) is 0 Å². The fraction of sp³-hybridized carbons (Fsp3) is 0.367. The largest absolute Gasteiger partial charge is 0.524 e. The number of para-hydroxylation sites is 1. The van der Waals surface area contributed by atoms with Gasteiger partial charge in [-0.3, -0.25) is 14.6 Å². The zero-order chi connectivity index (χ0) is 31.0. The Balaban J connectivity index is 1.63. The number of pyridine rings is 1. The van der Waals surface area contributed by atoms with Crippen molar-refractivity contribution in [3.63, 3.8) is 0 Å². The van der Waals surface area contributed by atoms with E-state index in [2.05, 4.69) is 29.9 Å². The first-order chi connectivity index (χ1) is 20.6. The van der Waals surface area contributed by atoms with E-state index in [1.165, 1.54) is 12.1 Å². The number of nitrogens with zero attached hydrogens (tertiary/aromatic N) is 3. The molecule has 0 unspecified atom stereocenters. The van der Waals surface area contributed by atoms with E-state index in [0.717, 1.165) is 48.0 Å². The Hall–Kier alpha value is -3.96. The third-order valence-electron chi connectivity index (χ3n) is 6.92. The van der Waals surface area contributed by atoms with E-state index in [0.29, 0.717) is 49.2 Å². The van der Waals surface area contributed by atoms with Gasteiger partial charge in [-0.15, -0.1) is 0 Å². The van der Waals surface area contributed by atoms with Gasteiger partial charge in [-0.25, -0.2) is 14.5 Å². The van der Waals surface area contributed by atoms with Crippen molar-refractivity contribution in [3.05, 3.63) is 66.0 Å². The molecule has 2 aromatic heterocycles. The van der Waals surface area contributed by atoms with Crippen molar-refractivity contribution in [2.45, 2.75) is 52.0 Å². The summed E-state index contributed by atoms with van der Waals surface area (Å²) in [4.78, 5) is 39.6. The van der Waals surface area contributed by atoms with E-state index < -0.39 is 7.82 Å². The van der Waals surface area contributed by atoms with Crippen molar-refractivity contribution in [1.29, 1.82) is 0 Å². The lowest BCUT2D eigenvalue weighted by molar-refractivity contribution is -0.116. The number of benzene rings is 2. The van der Waals surface area contributed by atoms with Crippen LogP contribution in [0.3, 0.4) is 0 Å². The molecule has 0 saturated carbocycles. The highest BCUT2D eigenvalue weighted by Gasteiger charge is 2.24. The minimum absolute atomic E-state index is 0.128. The maximum absolute atomic E-state index is 11.7. The molecule has 0 bridgehead atoms. The molecule has 12 nitrogen and oxygen atoms in total. The monoisotopic (exact) mass is 611 g/mol. The van der Waals surface area contributed by atoms with Crippen LogP contribution in [0.2, 0.25) is 0 Å². The number of phosphoric acid groups is 1. The quantitative estimate of drug-likeness (QED) is 0.0693. The number of nitrogen functional groups attached to an aromatic ring is 1. The Morgan fingerprint density at radius 2 is 1.93 bits per heavy atom. The zero-order valence-corrected chi connectivity index (χ0v) is 25.1. The molecule has 0 fully saturated rings. The number of aromatic hydroxyl groups is 1. The summed E-state index contributed by atoms with van der Waals surface area (Å²) in [5.74, 6) is 0.169. The summed E-state index contributed by atoms with van der Waals surface area (Å²) in [6, 6.07) is 10.5. The first-order valence-corrected chi connectivity index (χ1v) is 15.8. The second-order valence-corrected chi connectivity index (χ2v) is 11.3. The third-order valence-corrected chi connectivity index (χ3v) is 7.34. The Kier molecular flexibility index (Phi) is 10.8. The number of aryl methyl sites for hydroxylation is 2. The molecular weight excluding hydrogens is 573 g/mol. The second-order valence-electron chi connectivity index (χ2n) is 10.2. The molecule has 0 aliphatic carbocycles. The molecule has 0 saturated heterocycles. The number of carbonyl (C=O) groups excluding carboxylic acids is 1. The number of hydrogen-bond donors (Lipinski definition) is 5. The zero-order valence-electron chi connectivity index (χ0n) is 24.2. The topological polar surface area (TPSA) is 182 Å². The van der Waals surface area contributed by atoms with Gasteiger partial charge in [0.1, 0.15) is 11.3 Å². The minimum atomic E-state index is -4.94. The first-order valence-electron chi connectivity index (χ1n) is 14.2. The molecule has 0 aliphatic heterocycles. The van der Waals surface area contributed by atoms with Crippen LogP contribution in [0.25, 0.3) is 21.9 Å². The summed E-state index contributed by atoms with van der Waals surface area (Å²) in [5, 5.41) is 14.0. The summed E-state index contributed by atoms with van der Waals surface area (Å²) >= 11 is 0. The first kappa shape index (κ1) is 32.0. The predicted octanol–water partition coefficient (Wildman–Crippen LogP) is 4.38. The van der Waals surface area contributed by atoms with E-state index in [4.69, 9.17) is 20.0 Å². The van der Waals surface area contributed by atoms with Crippen LogP contribution in [0.15, 0.2) is 49.1 Å². The average Bonchev–Trinajstić information content (AvgIpc) is 3.33. The smallest absolute Gasteiger partial charge is 0.504 e. The van der Waals surface area contributed by atoms with Gasteiger partial charge in [0.2, 0.25) is 5.91 Å². The van der Waals surface area contributed by atoms with Crippen LogP contribution in [-0.2, 0) is 33.5 Å². The van der Waals surface area contributed by atoms with E-state index in [9.17, 15) is 24.3 Å². The van der Waals surface area contributed by atoms with Gasteiger partial charge < -0.3 is 30.0 Å². The van der Waals surface area contributed by atoms with Crippen LogP contribution < -0.4 is 15.6 Å². The van der Waals surface area contributed by atoms with Gasteiger partial charge in [-0.05, 0) is 55.5 Å². The van der Waals surface area contributed by atoms with E-state index in [1.807, 2.05) is 16.7 Å². The number of ether oxygens (including phenoxy) is 1. The fourth-order valence-corrected chi connectivity index (χ4v) is 5.33. The maximum Gasteiger partial charge on any atom is 0.524 e. The average molecular weight is 612 g/mol. The molecular formula is C30H38N5O7P. The fourth-order valence-electron chi connectivity index (χ4n) is 4.88. The number of phenolic OH excluding ortho intramolecular Hbond substituents is 1. The number of phenols is 1. The number of unbranched alkanes of at least 4 members (excludes halogenated alkanes) is 1. The van der Waals surface area contributed by atoms with Gasteiger partial charge in [0, 0.05) is 37.1 Å². The highest BCUT2D eigenvalue weighted by Crippen LogP contribution is 2.44. The minimum Gasteiger partial charge on any atom is -0.504 e. The maximum atomic E-state index is 11.7. The van der Waals surface area contributed by atoms with Crippen LogP contribution in [0.1, 0.15) is 49.6 Å². The molecule has 230 valence electrons. The molecule has 0 atom stereocenters. The standard InChI is InChI=1S/C30H38N5O7P/c1-3-5-12-25-34-27-28(35(25)19-21-10-6-11-24(36)29(21)42-43(38,39)40)22-18-20(13-14-23(22)33-30(27)31)9-7-16-41-17-8-15-32-26(37)4-2/h4,6,10-11,13-14,18,36H,2-3,5,7-9,12,15-17,19H2,1H3,(H2,31,33)(H,32,37)(H2,38,39,40). The number of imidazole rings is 1. The van der Waals surface area contributed by atoms with Crippen molar-refractivity contribution in [3.8, 4) is 11.5 Å². The molecule has 43 heavy (non-hydrogen) atoms. The number of phosphoric ester groups is 1. The van der Waals surface area contributed by atoms with Crippen molar-refractivity contribution >= 4 is 41.5 Å². The van der Waals surface area contributed by atoms with Crippen LogP contribution in [0.4, 0.5) is 5.82 Å². The number of hydrogen-bond acceptors (Lipinski definition) is 8. The van der Waals surface area contributed by atoms with Crippen molar-refractivity contribution in [2.75, 3.05) is 25.5 Å². The van der Waals surface area contributed by atoms with Gasteiger partial charge >= 0.3 is 7.82 Å². The summed E-state index contributed by atoms with van der Waals surface area (Å²) in [5.41, 5.74) is 9.81. The lowest BCUT2D eigenvalue weighted by Crippen LogP contribution is -2.22. The second kappa shape index (κ2) is 14.5. The SMILES string of the molecule is C=CC(=O)NCCCOCCCc1ccc2nc(N)c3nc(CCCC)n(Cc4cccc(O)c4OP(=O)(O)O)c3c2c1. The highest BCUT2D eigenvalue weighted by molar-refractivity contribution is 7.46. The Morgan fingerprint density at radius 3 is 2.67 bits per heavy atom. The molecule has 4 aromatic rings. The van der Waals surface area contributed by atoms with Crippen molar-refractivity contribution in [1.82, 2.24) is 19.9 Å². The van der Waals surface area contributed by atoms with Gasteiger partial charge in [-0.2, -0.15) is 0 Å². The highest BCUT2D eigenvalue weighted by atomic mass is 31.2. The Morgan fingerprint density at radius 1 is 1.14 bits per heavy atom. The normalized spacial score (nSPS) is 11.7. The van der Waals surface area contributed by atoms with Crippen molar-refractivity contribution < 1.29 is 33.5 Å². The van der Waals surface area contributed by atoms with Crippen LogP contribution in [0.5, 0.6) is 11.5 Å². The molecule has 4 rings (SSSR count). The predicted molar refractivity (Wildman–Crippen MR) is 165 cm³/mol. The molecule has 2 aromatic carbocycles. The third kappa shape index (κ3) is 8.32. The number of rotatable bonds is 16. The number of nitrogens with two attached hydrogens (primary N) is 1. The number of nitrogens with one attached hydrogen (secondary N) is 1. The van der Waals surface area contributed by atoms with Gasteiger partial charge in [0.05, 0.1) is 17.6 Å². The molecule has 2 heterocycles. The summed E-state index contributed by atoms with van der Waals surface area (Å²) in [6.07, 6.45) is 5.96. The lowest BCUT2D eigenvalue weighted by atomic mass is 10.1. The van der Waals surface area contributed by atoms with E-state index >= 15 is 0 Å². The Labute approximate surface area is 249 Å². The Bertz CT molecular complexity index is 1650.